The highest BCUT2D eigenvalue weighted by Crippen LogP contribution is 2.18. The minimum Gasteiger partial charge on any atom is -0.322 e. The van der Waals surface area contributed by atoms with Gasteiger partial charge in [-0.2, -0.15) is 0 Å². The van der Waals surface area contributed by atoms with Gasteiger partial charge in [-0.25, -0.2) is 12.8 Å². The van der Waals surface area contributed by atoms with Crippen LogP contribution in [0.15, 0.2) is 83.8 Å². The number of sulfone groups is 1. The van der Waals surface area contributed by atoms with E-state index in [1.807, 2.05) is 0 Å². The molecule has 0 aromatic heterocycles. The van der Waals surface area contributed by atoms with Crippen molar-refractivity contribution in [3.8, 4) is 0 Å². The van der Waals surface area contributed by atoms with Crippen molar-refractivity contribution in [2.75, 3.05) is 5.32 Å². The molecule has 0 aliphatic rings. The lowest BCUT2D eigenvalue weighted by Crippen LogP contribution is -2.13. The molecule has 4 nitrogen and oxygen atoms in total. The number of amides is 1. The Morgan fingerprint density at radius 3 is 2.35 bits per heavy atom. The maximum Gasteiger partial charge on any atom is 0.255 e. The second-order valence-corrected chi connectivity index (χ2v) is 7.73. The second kappa shape index (κ2) is 7.49. The number of carbonyl (C=O) groups is 1. The Morgan fingerprint density at radius 1 is 0.885 bits per heavy atom. The van der Waals surface area contributed by atoms with Gasteiger partial charge in [0, 0.05) is 11.3 Å². The lowest BCUT2D eigenvalue weighted by atomic mass is 10.1. The minimum atomic E-state index is -3.50. The van der Waals surface area contributed by atoms with Crippen molar-refractivity contribution in [1.82, 2.24) is 0 Å². The van der Waals surface area contributed by atoms with E-state index in [9.17, 15) is 17.6 Å². The topological polar surface area (TPSA) is 63.2 Å². The average Bonchev–Trinajstić information content (AvgIpc) is 2.62. The van der Waals surface area contributed by atoms with E-state index in [1.54, 1.807) is 42.5 Å². The van der Waals surface area contributed by atoms with Crippen molar-refractivity contribution in [2.45, 2.75) is 10.6 Å². The quantitative estimate of drug-likeness (QED) is 0.738. The van der Waals surface area contributed by atoms with Crippen LogP contribution in [0.4, 0.5) is 10.1 Å². The summed E-state index contributed by atoms with van der Waals surface area (Å²) in [5.41, 5.74) is 1.13. The monoisotopic (exact) mass is 369 g/mol. The summed E-state index contributed by atoms with van der Waals surface area (Å²) < 4.78 is 38.2. The predicted molar refractivity (Wildman–Crippen MR) is 98.1 cm³/mol. The minimum absolute atomic E-state index is 0.210. The van der Waals surface area contributed by atoms with Crippen molar-refractivity contribution < 1.29 is 17.6 Å². The summed E-state index contributed by atoms with van der Waals surface area (Å²) in [5.74, 6) is -1.10. The molecule has 1 amide bonds. The summed E-state index contributed by atoms with van der Waals surface area (Å²) in [5, 5.41) is 2.59. The van der Waals surface area contributed by atoms with Gasteiger partial charge in [0.05, 0.1) is 10.6 Å². The van der Waals surface area contributed by atoms with Gasteiger partial charge in [0.15, 0.2) is 9.84 Å². The SMILES string of the molecule is O=C(Nc1cccc(F)c1)c1cccc(CS(=O)(=O)c2ccccc2)c1. The summed E-state index contributed by atoms with van der Waals surface area (Å²) >= 11 is 0. The summed E-state index contributed by atoms with van der Waals surface area (Å²) in [7, 11) is -3.50. The normalized spacial score (nSPS) is 11.1. The Balaban J connectivity index is 1.79. The van der Waals surface area contributed by atoms with Crippen LogP contribution in [0.25, 0.3) is 0 Å². The van der Waals surface area contributed by atoms with Gasteiger partial charge in [-0.15, -0.1) is 0 Å². The van der Waals surface area contributed by atoms with E-state index < -0.39 is 21.6 Å². The van der Waals surface area contributed by atoms with Crippen molar-refractivity contribution in [2.24, 2.45) is 0 Å². The van der Waals surface area contributed by atoms with E-state index in [4.69, 9.17) is 0 Å². The third kappa shape index (κ3) is 4.34. The highest BCUT2D eigenvalue weighted by Gasteiger charge is 2.16. The van der Waals surface area contributed by atoms with E-state index >= 15 is 0 Å². The number of halogens is 1. The van der Waals surface area contributed by atoms with Crippen LogP contribution in [0.3, 0.4) is 0 Å². The Hall–Kier alpha value is -2.99. The molecule has 0 fully saturated rings. The Labute approximate surface area is 151 Å². The number of hydrogen-bond acceptors (Lipinski definition) is 3. The van der Waals surface area contributed by atoms with Gasteiger partial charge >= 0.3 is 0 Å². The molecule has 0 unspecified atom stereocenters. The Morgan fingerprint density at radius 2 is 1.62 bits per heavy atom. The molecule has 0 aliphatic carbocycles. The fraction of sp³-hybridized carbons (Fsp3) is 0.0500. The fourth-order valence-corrected chi connectivity index (χ4v) is 3.86. The average molecular weight is 369 g/mol. The van der Waals surface area contributed by atoms with Crippen LogP contribution in [0, 0.1) is 5.82 Å². The molecule has 6 heteroatoms. The molecule has 1 N–H and O–H groups in total. The molecule has 132 valence electrons. The van der Waals surface area contributed by atoms with Gasteiger partial charge < -0.3 is 5.32 Å². The van der Waals surface area contributed by atoms with E-state index in [0.29, 0.717) is 16.8 Å². The highest BCUT2D eigenvalue weighted by molar-refractivity contribution is 7.90. The predicted octanol–water partition coefficient (Wildman–Crippen LogP) is 4.05. The molecule has 0 radical (unpaired) electrons. The molecule has 3 aromatic carbocycles. The van der Waals surface area contributed by atoms with E-state index in [0.717, 1.165) is 0 Å². The molecule has 0 saturated carbocycles. The molecule has 0 bridgehead atoms. The number of nitrogens with one attached hydrogen (secondary N) is 1. The van der Waals surface area contributed by atoms with Gasteiger partial charge in [-0.3, -0.25) is 4.79 Å². The molecule has 0 saturated heterocycles. The fourth-order valence-electron chi connectivity index (χ4n) is 2.50. The van der Waals surface area contributed by atoms with Crippen molar-refractivity contribution in [1.29, 1.82) is 0 Å². The zero-order valence-electron chi connectivity index (χ0n) is 13.7. The van der Waals surface area contributed by atoms with Gasteiger partial charge in [0.2, 0.25) is 0 Å². The summed E-state index contributed by atoms with van der Waals surface area (Å²) in [6.07, 6.45) is 0. The van der Waals surface area contributed by atoms with Crippen LogP contribution in [-0.2, 0) is 15.6 Å². The molecule has 26 heavy (non-hydrogen) atoms. The largest absolute Gasteiger partial charge is 0.322 e. The molecule has 3 aromatic rings. The third-order valence-electron chi connectivity index (χ3n) is 3.73. The van der Waals surface area contributed by atoms with Crippen LogP contribution in [0.5, 0.6) is 0 Å². The summed E-state index contributed by atoms with van der Waals surface area (Å²) in [6.45, 7) is 0. The lowest BCUT2D eigenvalue weighted by molar-refractivity contribution is 0.102. The number of hydrogen-bond donors (Lipinski definition) is 1. The van der Waals surface area contributed by atoms with Gasteiger partial charge in [0.25, 0.3) is 5.91 Å². The number of rotatable bonds is 5. The van der Waals surface area contributed by atoms with E-state index in [-0.39, 0.29) is 10.6 Å². The molecule has 3 rings (SSSR count). The summed E-state index contributed by atoms with van der Waals surface area (Å²) in [6, 6.07) is 20.1. The van der Waals surface area contributed by atoms with E-state index in [1.165, 1.54) is 36.4 Å². The zero-order valence-corrected chi connectivity index (χ0v) is 14.5. The lowest BCUT2D eigenvalue weighted by Gasteiger charge is -2.08. The Bertz CT molecular complexity index is 1030. The molecule has 0 atom stereocenters. The molecule has 0 spiro atoms. The first-order chi connectivity index (χ1) is 12.4. The highest BCUT2D eigenvalue weighted by atomic mass is 32.2. The van der Waals surface area contributed by atoms with Crippen molar-refractivity contribution in [3.63, 3.8) is 0 Å². The number of anilines is 1. The van der Waals surface area contributed by atoms with Gasteiger partial charge in [-0.05, 0) is 48.0 Å². The number of carbonyl (C=O) groups excluding carboxylic acids is 1. The molecular weight excluding hydrogens is 353 g/mol. The van der Waals surface area contributed by atoms with Crippen LogP contribution in [0.2, 0.25) is 0 Å². The first-order valence-corrected chi connectivity index (χ1v) is 9.53. The third-order valence-corrected chi connectivity index (χ3v) is 5.43. The van der Waals surface area contributed by atoms with Crippen LogP contribution < -0.4 is 5.32 Å². The van der Waals surface area contributed by atoms with Crippen molar-refractivity contribution in [3.05, 3.63) is 95.8 Å². The van der Waals surface area contributed by atoms with Gasteiger partial charge in [-0.1, -0.05) is 36.4 Å². The number of benzene rings is 3. The maximum absolute atomic E-state index is 13.2. The van der Waals surface area contributed by atoms with Crippen LogP contribution in [0.1, 0.15) is 15.9 Å². The zero-order chi connectivity index (χ0) is 18.6. The molecular formula is C20H16FNO3S. The standard InChI is InChI=1S/C20H16FNO3S/c21-17-8-5-9-18(13-17)22-20(23)16-7-4-6-15(12-16)14-26(24,25)19-10-2-1-3-11-19/h1-13H,14H2,(H,22,23). The molecule has 0 aliphatic heterocycles. The van der Waals surface area contributed by atoms with E-state index in [2.05, 4.69) is 5.32 Å². The van der Waals surface area contributed by atoms with Crippen LogP contribution in [-0.4, -0.2) is 14.3 Å². The van der Waals surface area contributed by atoms with Gasteiger partial charge in [0.1, 0.15) is 5.82 Å². The molecule has 0 heterocycles. The summed E-state index contributed by atoms with van der Waals surface area (Å²) in [4.78, 5) is 12.6. The first kappa shape index (κ1) is 17.8. The van der Waals surface area contributed by atoms with Crippen molar-refractivity contribution >= 4 is 21.4 Å². The Kier molecular flexibility index (Phi) is 5.14. The second-order valence-electron chi connectivity index (χ2n) is 5.74. The first-order valence-electron chi connectivity index (χ1n) is 7.88. The smallest absolute Gasteiger partial charge is 0.255 e. The maximum atomic E-state index is 13.2. The van der Waals surface area contributed by atoms with Crippen LogP contribution >= 0.6 is 0 Å².